The molecule has 1 saturated heterocycles. The fourth-order valence-corrected chi connectivity index (χ4v) is 5.40. The number of amides is 1. The van der Waals surface area contributed by atoms with Gasteiger partial charge in [0.1, 0.15) is 11.4 Å². The molecule has 27 heavy (non-hydrogen) atoms. The first-order valence-corrected chi connectivity index (χ1v) is 11.3. The van der Waals surface area contributed by atoms with Crippen molar-refractivity contribution in [3.05, 3.63) is 35.9 Å². The Hall–Kier alpha value is -1.49. The van der Waals surface area contributed by atoms with Crippen molar-refractivity contribution < 1.29 is 14.3 Å². The molecule has 0 radical (unpaired) electrons. The van der Waals surface area contributed by atoms with Crippen LogP contribution in [0.1, 0.15) is 63.3 Å². The number of hydrogen-bond donors (Lipinski definition) is 0. The first-order chi connectivity index (χ1) is 13.1. The van der Waals surface area contributed by atoms with Gasteiger partial charge in [0.15, 0.2) is 0 Å². The summed E-state index contributed by atoms with van der Waals surface area (Å²) in [7, 11) is 0. The molecule has 1 aromatic rings. The molecule has 2 fully saturated rings. The number of nitrogens with zero attached hydrogens (tertiary/aromatic N) is 1. The Morgan fingerprint density at radius 3 is 2.56 bits per heavy atom. The van der Waals surface area contributed by atoms with Gasteiger partial charge in [-0.2, -0.15) is 0 Å². The van der Waals surface area contributed by atoms with E-state index in [4.69, 9.17) is 4.74 Å². The van der Waals surface area contributed by atoms with Gasteiger partial charge in [0.05, 0.1) is 6.61 Å². The molecule has 4 nitrogen and oxygen atoms in total. The van der Waals surface area contributed by atoms with Gasteiger partial charge < -0.3 is 9.64 Å². The van der Waals surface area contributed by atoms with E-state index in [0.717, 1.165) is 12.0 Å². The zero-order valence-electron chi connectivity index (χ0n) is 16.4. The Kier molecular flexibility index (Phi) is 7.22. The second-order valence-corrected chi connectivity index (χ2v) is 9.24. The number of ether oxygens (including phenoxy) is 1. The minimum absolute atomic E-state index is 0.0900. The van der Waals surface area contributed by atoms with Crippen LogP contribution in [-0.2, 0) is 14.3 Å². The summed E-state index contributed by atoms with van der Waals surface area (Å²) in [5, 5.41) is -0.0983. The van der Waals surface area contributed by atoms with Crippen molar-refractivity contribution in [2.24, 2.45) is 11.8 Å². The summed E-state index contributed by atoms with van der Waals surface area (Å²) >= 11 is 1.66. The summed E-state index contributed by atoms with van der Waals surface area (Å²) < 4.78 is 5.48. The molecule has 1 aliphatic heterocycles. The predicted molar refractivity (Wildman–Crippen MR) is 109 cm³/mol. The molecule has 2 atom stereocenters. The topological polar surface area (TPSA) is 46.6 Å². The van der Waals surface area contributed by atoms with Gasteiger partial charge in [-0.3, -0.25) is 4.79 Å². The molecule has 1 aliphatic carbocycles. The van der Waals surface area contributed by atoms with E-state index in [1.165, 1.54) is 25.7 Å². The van der Waals surface area contributed by atoms with E-state index in [1.54, 1.807) is 16.7 Å². The van der Waals surface area contributed by atoms with E-state index < -0.39 is 6.04 Å². The van der Waals surface area contributed by atoms with E-state index in [0.29, 0.717) is 30.6 Å². The second-order valence-electron chi connectivity index (χ2n) is 8.13. The lowest BCUT2D eigenvalue weighted by Gasteiger charge is -2.29. The summed E-state index contributed by atoms with van der Waals surface area (Å²) in [6.45, 7) is 4.45. The van der Waals surface area contributed by atoms with Crippen LogP contribution in [0.15, 0.2) is 30.3 Å². The SMILES string of the molecule is CC(C)COC(=O)C1CSC(c2ccccc2)N1C(=O)CCC1CCCC1. The fraction of sp³-hybridized carbons (Fsp3) is 0.636. The molecule has 1 aromatic carbocycles. The van der Waals surface area contributed by atoms with Gasteiger partial charge in [0, 0.05) is 12.2 Å². The average Bonchev–Trinajstić information content (AvgIpc) is 3.34. The number of thioether (sulfide) groups is 1. The van der Waals surface area contributed by atoms with Gasteiger partial charge in [-0.25, -0.2) is 4.79 Å². The summed E-state index contributed by atoms with van der Waals surface area (Å²) in [6.07, 6.45) is 6.52. The molecule has 1 amide bonds. The van der Waals surface area contributed by atoms with Gasteiger partial charge in [0.2, 0.25) is 5.91 Å². The molecule has 1 saturated carbocycles. The molecule has 5 heteroatoms. The van der Waals surface area contributed by atoms with Crippen LogP contribution < -0.4 is 0 Å². The molecule has 1 heterocycles. The monoisotopic (exact) mass is 389 g/mol. The van der Waals surface area contributed by atoms with Crippen LogP contribution in [0.25, 0.3) is 0 Å². The number of hydrogen-bond acceptors (Lipinski definition) is 4. The second kappa shape index (κ2) is 9.63. The quantitative estimate of drug-likeness (QED) is 0.629. The number of benzene rings is 1. The fourth-order valence-electron chi connectivity index (χ4n) is 3.97. The molecular formula is C22H31NO3S. The zero-order valence-corrected chi connectivity index (χ0v) is 17.2. The van der Waals surface area contributed by atoms with Gasteiger partial charge in [-0.05, 0) is 23.8 Å². The summed E-state index contributed by atoms with van der Waals surface area (Å²) in [6, 6.07) is 9.55. The third kappa shape index (κ3) is 5.28. The predicted octanol–water partition coefficient (Wildman–Crippen LogP) is 4.80. The summed E-state index contributed by atoms with van der Waals surface area (Å²) in [4.78, 5) is 27.6. The van der Waals surface area contributed by atoms with E-state index in [9.17, 15) is 9.59 Å². The van der Waals surface area contributed by atoms with Gasteiger partial charge in [-0.1, -0.05) is 69.9 Å². The van der Waals surface area contributed by atoms with Crippen LogP contribution in [0.3, 0.4) is 0 Å². The third-order valence-electron chi connectivity index (χ3n) is 5.45. The van der Waals surface area contributed by atoms with Crippen molar-refractivity contribution in [3.63, 3.8) is 0 Å². The third-order valence-corrected chi connectivity index (χ3v) is 6.77. The summed E-state index contributed by atoms with van der Waals surface area (Å²) in [5.41, 5.74) is 1.08. The standard InChI is InChI=1S/C22H31NO3S/c1-16(2)14-26-22(25)19-15-27-21(18-10-4-3-5-11-18)23(19)20(24)13-12-17-8-6-7-9-17/h3-5,10-11,16-17,19,21H,6-9,12-15H2,1-2H3. The van der Waals surface area contributed by atoms with Gasteiger partial charge in [0.25, 0.3) is 0 Å². The van der Waals surface area contributed by atoms with Crippen LogP contribution in [0.4, 0.5) is 0 Å². The normalized spacial score (nSPS) is 23.1. The van der Waals surface area contributed by atoms with Gasteiger partial charge in [-0.15, -0.1) is 11.8 Å². The van der Waals surface area contributed by atoms with Crippen LogP contribution in [0, 0.1) is 11.8 Å². The first kappa shape index (κ1) is 20.2. The smallest absolute Gasteiger partial charge is 0.329 e. The first-order valence-electron chi connectivity index (χ1n) is 10.2. The van der Waals surface area contributed by atoms with E-state index in [2.05, 4.69) is 0 Å². The zero-order chi connectivity index (χ0) is 19.2. The molecule has 148 valence electrons. The highest BCUT2D eigenvalue weighted by Gasteiger charge is 2.43. The lowest BCUT2D eigenvalue weighted by atomic mass is 10.0. The van der Waals surface area contributed by atoms with Gasteiger partial charge >= 0.3 is 5.97 Å². The molecule has 0 bridgehead atoms. The lowest BCUT2D eigenvalue weighted by molar-refractivity contribution is -0.155. The number of carbonyl (C=O) groups is 2. The highest BCUT2D eigenvalue weighted by atomic mass is 32.2. The molecular weight excluding hydrogens is 358 g/mol. The Morgan fingerprint density at radius 1 is 1.19 bits per heavy atom. The Balaban J connectivity index is 1.72. The molecule has 0 N–H and O–H groups in total. The largest absolute Gasteiger partial charge is 0.464 e. The van der Waals surface area contributed by atoms with Crippen LogP contribution in [0.2, 0.25) is 0 Å². The van der Waals surface area contributed by atoms with Crippen LogP contribution in [-0.4, -0.2) is 35.2 Å². The van der Waals surface area contributed by atoms with Crippen molar-refractivity contribution in [2.45, 2.75) is 63.8 Å². The van der Waals surface area contributed by atoms with E-state index in [-0.39, 0.29) is 17.3 Å². The Bertz CT molecular complexity index is 628. The number of rotatable bonds is 7. The summed E-state index contributed by atoms with van der Waals surface area (Å²) in [5.74, 6) is 1.40. The Labute approximate surface area is 167 Å². The van der Waals surface area contributed by atoms with Crippen molar-refractivity contribution >= 4 is 23.6 Å². The molecule has 3 rings (SSSR count). The molecule has 2 unspecified atom stereocenters. The average molecular weight is 390 g/mol. The van der Waals surface area contributed by atoms with E-state index in [1.807, 2.05) is 44.2 Å². The van der Waals surface area contributed by atoms with Crippen LogP contribution in [0.5, 0.6) is 0 Å². The number of carbonyl (C=O) groups excluding carboxylic acids is 2. The van der Waals surface area contributed by atoms with E-state index >= 15 is 0 Å². The van der Waals surface area contributed by atoms with Crippen LogP contribution >= 0.6 is 11.8 Å². The molecule has 0 aromatic heterocycles. The minimum Gasteiger partial charge on any atom is -0.464 e. The van der Waals surface area contributed by atoms with Crippen molar-refractivity contribution in [1.82, 2.24) is 4.90 Å². The van der Waals surface area contributed by atoms with Crippen molar-refractivity contribution in [3.8, 4) is 0 Å². The minimum atomic E-state index is -0.477. The molecule has 2 aliphatic rings. The highest BCUT2D eigenvalue weighted by molar-refractivity contribution is 7.99. The Morgan fingerprint density at radius 2 is 1.89 bits per heavy atom. The maximum atomic E-state index is 13.1. The number of esters is 1. The lowest BCUT2D eigenvalue weighted by Crippen LogP contribution is -2.44. The molecule has 0 spiro atoms. The maximum Gasteiger partial charge on any atom is 0.329 e. The van der Waals surface area contributed by atoms with Crippen molar-refractivity contribution in [2.75, 3.05) is 12.4 Å². The highest BCUT2D eigenvalue weighted by Crippen LogP contribution is 2.42. The maximum absolute atomic E-state index is 13.1. The van der Waals surface area contributed by atoms with Crippen molar-refractivity contribution in [1.29, 1.82) is 0 Å².